The molecule has 5 aromatic carbocycles. The van der Waals surface area contributed by atoms with E-state index in [1.807, 2.05) is 172 Å². The zero-order valence-electron chi connectivity index (χ0n) is 62.5. The number of aromatic nitrogens is 3. The second-order valence-electron chi connectivity index (χ2n) is 28.4. The van der Waals surface area contributed by atoms with Crippen molar-refractivity contribution in [3.8, 4) is 0 Å². The van der Waals surface area contributed by atoms with Crippen molar-refractivity contribution in [3.63, 3.8) is 0 Å². The van der Waals surface area contributed by atoms with Gasteiger partial charge in [-0.15, -0.1) is 5.10 Å². The lowest BCUT2D eigenvalue weighted by Crippen LogP contribution is -2.64. The fourth-order valence-electron chi connectivity index (χ4n) is 15.6. The van der Waals surface area contributed by atoms with Crippen LogP contribution in [-0.2, 0) is 77.6 Å². The Morgan fingerprint density at radius 3 is 1.60 bits per heavy atom. The van der Waals surface area contributed by atoms with Gasteiger partial charge in [-0.2, -0.15) is 0 Å². The Bertz CT molecular complexity index is 3700. The smallest absolute Gasteiger partial charge is 0.255 e. The Kier molecular flexibility index (Phi) is 30.9. The summed E-state index contributed by atoms with van der Waals surface area (Å²) in [5.41, 5.74) is 3.02. The van der Waals surface area contributed by atoms with E-state index in [1.54, 1.807) is 28.6 Å². The molecular weight excluding hydrogens is 1360 g/mol. The number of aryl methyl sites for hydroxylation is 2. The molecule has 0 spiro atoms. The lowest BCUT2D eigenvalue weighted by Gasteiger charge is -2.40. The number of carbonyl (C=O) groups is 8. The lowest BCUT2D eigenvalue weighted by molar-refractivity contribution is -0.146. The van der Waals surface area contributed by atoms with Crippen LogP contribution < -0.4 is 47.9 Å². The minimum Gasteiger partial charge on any atom is -0.379 e. The number of hydrogen-bond acceptors (Lipinski definition) is 16. The first-order valence-electron chi connectivity index (χ1n) is 38.6. The molecule has 4 aliphatic heterocycles. The third-order valence-corrected chi connectivity index (χ3v) is 21.4. The Labute approximate surface area is 629 Å². The molecule has 25 nitrogen and oxygen atoms in total. The first-order chi connectivity index (χ1) is 52.2. The fraction of sp³-hybridized carbons (Fsp3) is 0.512. The first-order valence-corrected chi connectivity index (χ1v) is 38.6. The van der Waals surface area contributed by atoms with Crippen molar-refractivity contribution < 1.29 is 52.6 Å². The van der Waals surface area contributed by atoms with Crippen LogP contribution in [0.25, 0.3) is 0 Å². The van der Waals surface area contributed by atoms with Gasteiger partial charge in [0.05, 0.1) is 50.2 Å². The molecule has 4 fully saturated rings. The van der Waals surface area contributed by atoms with Gasteiger partial charge in [-0.3, -0.25) is 43.0 Å². The number of rotatable bonds is 40. The fourth-order valence-corrected chi connectivity index (χ4v) is 15.6. The summed E-state index contributed by atoms with van der Waals surface area (Å²) in [5, 5.41) is 37.1. The predicted octanol–water partition coefficient (Wildman–Crippen LogP) is 5.92. The zero-order chi connectivity index (χ0) is 75.3. The molecule has 574 valence electrons. The molecule has 9 N–H and O–H groups in total. The van der Waals surface area contributed by atoms with Crippen LogP contribution >= 0.6 is 0 Å². The van der Waals surface area contributed by atoms with Gasteiger partial charge in [-0.05, 0) is 119 Å². The Hall–Kier alpha value is -9.24. The van der Waals surface area contributed by atoms with E-state index in [4.69, 9.17) is 14.2 Å². The van der Waals surface area contributed by atoms with Crippen LogP contribution in [-0.4, -0.2) is 194 Å². The molecule has 1 aromatic heterocycles. The van der Waals surface area contributed by atoms with Gasteiger partial charge in [0.2, 0.25) is 41.4 Å². The van der Waals surface area contributed by atoms with Gasteiger partial charge in [-0.25, -0.2) is 0 Å². The Morgan fingerprint density at radius 2 is 1.05 bits per heavy atom. The maximum Gasteiger partial charge on any atom is 0.255 e. The summed E-state index contributed by atoms with van der Waals surface area (Å²) in [6.45, 7) is 8.05. The number of nitrogens with zero attached hydrogens (tertiary/aromatic N) is 5. The van der Waals surface area contributed by atoms with Gasteiger partial charge in [0.1, 0.15) is 24.2 Å². The Morgan fingerprint density at radius 1 is 0.551 bits per heavy atom. The van der Waals surface area contributed by atoms with Gasteiger partial charge < -0.3 is 71.9 Å². The summed E-state index contributed by atoms with van der Waals surface area (Å²) >= 11 is 0. The molecule has 0 radical (unpaired) electrons. The molecule has 107 heavy (non-hydrogen) atoms. The number of ether oxygens (including phenoxy) is 3. The average Bonchev–Trinajstić information content (AvgIpc) is 1.72. The molecule has 4 saturated heterocycles. The third-order valence-electron chi connectivity index (χ3n) is 21.4. The van der Waals surface area contributed by atoms with Crippen LogP contribution in [0.4, 0.5) is 0 Å². The van der Waals surface area contributed by atoms with E-state index in [0.29, 0.717) is 160 Å². The molecule has 5 heterocycles. The number of fused-ring (bicyclic) bond motifs is 2. The highest BCUT2D eigenvalue weighted by Crippen LogP contribution is 2.38. The number of nitrogens with one attached hydrogen (secondary N) is 9. The third kappa shape index (κ3) is 21.6. The largest absolute Gasteiger partial charge is 0.379 e. The minimum atomic E-state index is -1.68. The van der Waals surface area contributed by atoms with Gasteiger partial charge in [0, 0.05) is 88.9 Å². The van der Waals surface area contributed by atoms with Gasteiger partial charge in [0.25, 0.3) is 5.91 Å². The molecule has 25 heteroatoms. The second-order valence-corrected chi connectivity index (χ2v) is 28.4. The molecule has 0 aliphatic carbocycles. The first kappa shape index (κ1) is 80.3. The van der Waals surface area contributed by atoms with Gasteiger partial charge >= 0.3 is 0 Å². The van der Waals surface area contributed by atoms with E-state index in [1.165, 1.54) is 0 Å². The van der Waals surface area contributed by atoms with Crippen molar-refractivity contribution in [3.05, 3.63) is 191 Å². The summed E-state index contributed by atoms with van der Waals surface area (Å²) in [7, 11) is 3.43. The highest BCUT2D eigenvalue weighted by atomic mass is 16.5. The SMILES string of the molecule is CC[C@H](NC)C(=O)N[C@@H]1C(=O)N2[C@@H](CC[C@@H]1CNC(=O)CCc1cn(CCCOCCOCCOCCCNC(=O)C(NC(=O)[C@@H]3CC[C@@H]4CCC[C@H](CNCc5ccccc5)[C@H](NC(=O)[C@H](CC)NC)C(=O)N43)(c3ccccc3)c3ccccc3)nn1)CC[C@H]2C(=O)NC(c1ccccc1)c1ccccc1. The summed E-state index contributed by atoms with van der Waals surface area (Å²) in [4.78, 5) is 119. The maximum atomic E-state index is 15.2. The molecule has 10 atom stereocenters. The van der Waals surface area contributed by atoms with Crippen molar-refractivity contribution in [2.45, 2.75) is 183 Å². The minimum absolute atomic E-state index is 0.141. The monoisotopic (exact) mass is 1470 g/mol. The van der Waals surface area contributed by atoms with Crippen LogP contribution in [0.1, 0.15) is 143 Å². The number of hydrogen-bond donors (Lipinski definition) is 9. The zero-order valence-corrected chi connectivity index (χ0v) is 62.5. The van der Waals surface area contributed by atoms with Crippen LogP contribution in [0.15, 0.2) is 158 Å². The van der Waals surface area contributed by atoms with E-state index >= 15 is 14.4 Å². The topological polar surface area (TPSA) is 310 Å². The molecule has 6 aromatic rings. The second kappa shape index (κ2) is 41.2. The van der Waals surface area contributed by atoms with Crippen molar-refractivity contribution in [1.82, 2.24) is 72.6 Å². The number of amides is 8. The maximum absolute atomic E-state index is 15.2. The standard InChI is InChI=1S/C82H110N14O11/c1-5-67(83-3)75(98)89-73-60(54-85-53-57-25-12-7-13-26-57)31-22-36-65-40-43-70(95(65)79(73)102)78(101)91-82(62-32-18-10-19-33-62,63-34-20-11-21-35-63)81(104)86-45-23-47-105-49-51-107-52-50-106-48-24-46-94-56-64(92-93-94)38-44-71(97)87-55-61-37-39-66-41-42-69(96(66)80(103)74(61)90-76(99)68(6-2)84-4)77(100)88-72(58-27-14-8-15-28-58)59-29-16-9-17-30-59/h7-21,25-30,32-35,56,60-61,65-70,72-74,83-85H,5-6,22-24,31,36-55H2,1-4H3,(H,86,104)(H,87,97)(H,88,100)(H,89,98)(H,90,99)(H,91,101)/t60-,61-,65+,66+,67+,68+,69+,70+,73+,74+/m1/s1. The van der Waals surface area contributed by atoms with Crippen molar-refractivity contribution in [2.75, 3.05) is 73.4 Å². The molecular formula is C82H110N14O11. The summed E-state index contributed by atoms with van der Waals surface area (Å²) in [6, 6.07) is 42.5. The molecule has 10 rings (SSSR count). The normalized spacial score (nSPS) is 20.7. The molecule has 0 bridgehead atoms. The predicted molar refractivity (Wildman–Crippen MR) is 406 cm³/mol. The summed E-state index contributed by atoms with van der Waals surface area (Å²) in [5.74, 6) is -3.23. The van der Waals surface area contributed by atoms with E-state index in [0.717, 1.165) is 23.1 Å². The van der Waals surface area contributed by atoms with Crippen molar-refractivity contribution >= 4 is 47.3 Å². The van der Waals surface area contributed by atoms with Crippen LogP contribution in [0.3, 0.4) is 0 Å². The number of benzene rings is 5. The van der Waals surface area contributed by atoms with Crippen LogP contribution in [0.2, 0.25) is 0 Å². The highest BCUT2D eigenvalue weighted by Gasteiger charge is 2.52. The molecule has 0 saturated carbocycles. The summed E-state index contributed by atoms with van der Waals surface area (Å²) < 4.78 is 19.3. The van der Waals surface area contributed by atoms with E-state index < -0.39 is 65.6 Å². The molecule has 0 unspecified atom stereocenters. The summed E-state index contributed by atoms with van der Waals surface area (Å²) in [6.07, 6.45) is 10.0. The van der Waals surface area contributed by atoms with Crippen molar-refractivity contribution in [2.24, 2.45) is 11.8 Å². The van der Waals surface area contributed by atoms with Crippen molar-refractivity contribution in [1.29, 1.82) is 0 Å². The van der Waals surface area contributed by atoms with E-state index in [-0.39, 0.29) is 73.0 Å². The number of likely N-dealkylation sites (N-methyl/N-ethyl adjacent to an activating group) is 2. The van der Waals surface area contributed by atoms with Gasteiger partial charge in [0.15, 0.2) is 5.54 Å². The van der Waals surface area contributed by atoms with Crippen LogP contribution in [0.5, 0.6) is 0 Å². The van der Waals surface area contributed by atoms with E-state index in [9.17, 15) is 24.0 Å². The average molecular weight is 1470 g/mol. The van der Waals surface area contributed by atoms with Crippen LogP contribution in [0, 0.1) is 11.8 Å². The Balaban J connectivity index is 0.637. The number of carbonyl (C=O) groups excluding carboxylic acids is 8. The van der Waals surface area contributed by atoms with Gasteiger partial charge in [-0.1, -0.05) is 177 Å². The molecule has 4 aliphatic rings. The molecule has 8 amide bonds. The highest BCUT2D eigenvalue weighted by molar-refractivity contribution is 5.99. The quantitative estimate of drug-likeness (QED) is 0.0202. The van der Waals surface area contributed by atoms with E-state index in [2.05, 4.69) is 58.2 Å². The lowest BCUT2D eigenvalue weighted by atomic mass is 9.81.